The van der Waals surface area contributed by atoms with Crippen molar-refractivity contribution in [2.45, 2.75) is 25.6 Å². The molecule has 10 heteroatoms. The number of ketones is 1. The molecule has 3 atom stereocenters. The Hall–Kier alpha value is -0.380. The number of Topliss-reactive ketones (excluding diaryl/α,β-unsaturated/α-hetero) is 1. The molecule has 9 nitrogen and oxygen atoms in total. The van der Waals surface area contributed by atoms with Crippen LogP contribution in [0.1, 0.15) is 13.3 Å². The van der Waals surface area contributed by atoms with Crippen LogP contribution in [-0.2, 0) is 23.3 Å². The second kappa shape index (κ2) is 8.92. The molecule has 0 heterocycles. The van der Waals surface area contributed by atoms with Gasteiger partial charge in [0, 0.05) is 6.42 Å². The molecule has 0 radical (unpaired) electrons. The lowest BCUT2D eigenvalue weighted by atomic mass is 10.2. The highest BCUT2D eigenvalue weighted by atomic mass is 31.2. The van der Waals surface area contributed by atoms with Crippen molar-refractivity contribution in [2.75, 3.05) is 40.9 Å². The molecule has 0 fully saturated rings. The number of aliphatic hydroxyl groups excluding tert-OH is 1. The fourth-order valence-corrected chi connectivity index (χ4v) is 2.33. The molecule has 0 spiro atoms. The average Bonchev–Trinajstić information content (AvgIpc) is 2.36. The quantitative estimate of drug-likeness (QED) is 0.210. The molecule has 21 heavy (non-hydrogen) atoms. The fourth-order valence-electron chi connectivity index (χ4n) is 1.40. The summed E-state index contributed by atoms with van der Waals surface area (Å²) in [7, 11) is 0.913. The molecule has 3 N–H and O–H groups in total. The Labute approximate surface area is 124 Å². The normalized spacial score (nSPS) is 18.0. The summed E-state index contributed by atoms with van der Waals surface area (Å²) in [6, 6.07) is 0. The Balaban J connectivity index is 4.73. The molecule has 0 saturated carbocycles. The van der Waals surface area contributed by atoms with Gasteiger partial charge in [0.15, 0.2) is 11.9 Å². The summed E-state index contributed by atoms with van der Waals surface area (Å²) in [4.78, 5) is 25.2. The first-order valence-corrected chi connectivity index (χ1v) is 7.94. The predicted octanol–water partition coefficient (Wildman–Crippen LogP) is 0.0244. The zero-order valence-electron chi connectivity index (χ0n) is 12.8. The van der Waals surface area contributed by atoms with Gasteiger partial charge in [0.1, 0.15) is 12.6 Å². The average molecular weight is 330 g/mol. The second-order valence-electron chi connectivity index (χ2n) is 5.56. The Kier molecular flexibility index (Phi) is 8.76. The second-order valence-corrected chi connectivity index (χ2v) is 6.97. The van der Waals surface area contributed by atoms with Crippen molar-refractivity contribution in [3.8, 4) is 0 Å². The van der Waals surface area contributed by atoms with Crippen LogP contribution in [0.15, 0.2) is 0 Å². The third-order valence-electron chi connectivity index (χ3n) is 2.46. The Bertz CT molecular complexity index is 366. The monoisotopic (exact) mass is 330 g/mol. The maximum Gasteiger partial charge on any atom is 0.473 e. The highest BCUT2D eigenvalue weighted by Crippen LogP contribution is 2.45. The zero-order chi connectivity index (χ0) is 16.7. The van der Waals surface area contributed by atoms with Crippen LogP contribution in [0.4, 0.5) is 0 Å². The van der Waals surface area contributed by atoms with E-state index in [0.29, 0.717) is 4.48 Å². The van der Waals surface area contributed by atoms with Crippen LogP contribution in [-0.4, -0.2) is 78.6 Å². The van der Waals surface area contributed by atoms with Crippen LogP contribution < -0.4 is 0 Å². The van der Waals surface area contributed by atoms with Crippen molar-refractivity contribution in [1.29, 1.82) is 0 Å². The molecule has 0 aromatic carbocycles. The van der Waals surface area contributed by atoms with Gasteiger partial charge in [-0.1, -0.05) is 6.92 Å². The van der Waals surface area contributed by atoms with E-state index in [4.69, 9.17) is 14.9 Å². The van der Waals surface area contributed by atoms with Gasteiger partial charge in [-0.15, -0.1) is 0 Å². The van der Waals surface area contributed by atoms with E-state index in [1.807, 2.05) is 21.1 Å². The van der Waals surface area contributed by atoms with E-state index in [1.54, 1.807) is 6.92 Å². The van der Waals surface area contributed by atoms with Crippen molar-refractivity contribution >= 4 is 13.6 Å². The fraction of sp³-hybridized carbons (Fsp3) is 0.909. The van der Waals surface area contributed by atoms with Gasteiger partial charge in [-0.3, -0.25) is 19.1 Å². The minimum Gasteiger partial charge on any atom is -0.393 e. The van der Waals surface area contributed by atoms with Crippen LogP contribution in [0.5, 0.6) is 0 Å². The largest absolute Gasteiger partial charge is 0.473 e. The first-order chi connectivity index (χ1) is 9.54. The predicted molar refractivity (Wildman–Crippen MR) is 73.4 cm³/mol. The van der Waals surface area contributed by atoms with E-state index in [2.05, 4.69) is 9.41 Å². The third kappa shape index (κ3) is 9.28. The molecule has 0 aliphatic rings. The number of phosphoric acid groups is 1. The van der Waals surface area contributed by atoms with Gasteiger partial charge < -0.3 is 14.5 Å². The van der Waals surface area contributed by atoms with E-state index < -0.39 is 33.2 Å². The molecular formula is C11H25NO8P+. The number of quaternary nitrogens is 1. The molecule has 0 aliphatic heterocycles. The van der Waals surface area contributed by atoms with Gasteiger partial charge >= 0.3 is 7.82 Å². The van der Waals surface area contributed by atoms with Crippen LogP contribution >= 0.6 is 7.82 Å². The van der Waals surface area contributed by atoms with Gasteiger partial charge in [-0.05, 0) is 0 Å². The molecule has 126 valence electrons. The number of likely N-dealkylation sites (N-methyl/N-ethyl adjacent to an activating group) is 1. The Morgan fingerprint density at radius 2 is 1.90 bits per heavy atom. The van der Waals surface area contributed by atoms with E-state index in [0.717, 1.165) is 0 Å². The number of nitrogens with zero attached hydrogens (tertiary/aromatic N) is 1. The number of phosphoric ester groups is 1. The molecule has 0 aliphatic carbocycles. The summed E-state index contributed by atoms with van der Waals surface area (Å²) < 4.78 is 21.7. The van der Waals surface area contributed by atoms with Crippen molar-refractivity contribution < 1.29 is 43.0 Å². The topological polar surface area (TPSA) is 123 Å². The summed E-state index contributed by atoms with van der Waals surface area (Å²) in [6.07, 6.45) is -2.11. The number of hydrogen-bond acceptors (Lipinski definition) is 7. The molecule has 0 rings (SSSR count). The van der Waals surface area contributed by atoms with Gasteiger partial charge in [0.05, 0.1) is 34.4 Å². The highest BCUT2D eigenvalue weighted by Gasteiger charge is 2.34. The van der Waals surface area contributed by atoms with Crippen LogP contribution in [0, 0.1) is 0 Å². The molecule has 0 amide bonds. The minimum atomic E-state index is -4.52. The smallest absolute Gasteiger partial charge is 0.393 e. The molecular weight excluding hydrogens is 305 g/mol. The van der Waals surface area contributed by atoms with Crippen molar-refractivity contribution in [1.82, 2.24) is 0 Å². The lowest BCUT2D eigenvalue weighted by Crippen LogP contribution is -2.45. The number of aliphatic hydroxyl groups is 1. The summed E-state index contributed by atoms with van der Waals surface area (Å²) in [5.41, 5.74) is 0. The number of carbonyl (C=O) groups excluding carboxylic acids is 1. The van der Waals surface area contributed by atoms with Crippen molar-refractivity contribution in [3.63, 3.8) is 0 Å². The summed E-state index contributed by atoms with van der Waals surface area (Å²) in [6.45, 7) is 0.657. The van der Waals surface area contributed by atoms with Crippen molar-refractivity contribution in [2.24, 2.45) is 0 Å². The lowest BCUT2D eigenvalue weighted by molar-refractivity contribution is -0.872. The zero-order valence-corrected chi connectivity index (χ0v) is 13.7. The molecule has 0 aromatic rings. The van der Waals surface area contributed by atoms with E-state index in [-0.39, 0.29) is 18.7 Å². The van der Waals surface area contributed by atoms with Crippen molar-refractivity contribution in [3.05, 3.63) is 0 Å². The number of carbonyl (C=O) groups is 1. The molecule has 2 unspecified atom stereocenters. The maximum absolute atomic E-state index is 11.8. The highest BCUT2D eigenvalue weighted by molar-refractivity contribution is 7.47. The summed E-state index contributed by atoms with van der Waals surface area (Å²) in [5.74, 6) is -0.321. The number of rotatable bonds is 11. The van der Waals surface area contributed by atoms with Gasteiger partial charge in [0.2, 0.25) is 0 Å². The molecule has 0 bridgehead atoms. The van der Waals surface area contributed by atoms with Gasteiger partial charge in [-0.2, -0.15) is 0 Å². The van der Waals surface area contributed by atoms with Gasteiger partial charge in [-0.25, -0.2) is 9.45 Å². The van der Waals surface area contributed by atoms with Crippen LogP contribution in [0.2, 0.25) is 0 Å². The maximum atomic E-state index is 11.8. The Morgan fingerprint density at radius 3 is 2.29 bits per heavy atom. The minimum absolute atomic E-state index is 0.156. The summed E-state index contributed by atoms with van der Waals surface area (Å²) >= 11 is 0. The Morgan fingerprint density at radius 1 is 1.33 bits per heavy atom. The molecule has 0 saturated heterocycles. The van der Waals surface area contributed by atoms with E-state index in [1.165, 1.54) is 0 Å². The van der Waals surface area contributed by atoms with Crippen LogP contribution in [0.25, 0.3) is 0 Å². The first kappa shape index (κ1) is 20.6. The van der Waals surface area contributed by atoms with E-state index in [9.17, 15) is 14.3 Å². The standard InChI is InChI=1S/C11H24NO8P/c1-5-10(14)11(6-12(2,3)4)20-21(16,17)18-8-9(7-13)19-15/h9,11,13H,5-8H2,1-4H3,(H-,15,16,17)/p+1/t9-,11?/m1/s1. The van der Waals surface area contributed by atoms with Gasteiger partial charge in [0.25, 0.3) is 0 Å². The lowest BCUT2D eigenvalue weighted by Gasteiger charge is -2.29. The first-order valence-electron chi connectivity index (χ1n) is 6.44. The summed E-state index contributed by atoms with van der Waals surface area (Å²) in [5, 5.41) is 17.1. The van der Waals surface area contributed by atoms with Crippen LogP contribution in [0.3, 0.4) is 0 Å². The van der Waals surface area contributed by atoms with E-state index >= 15 is 0 Å². The third-order valence-corrected chi connectivity index (χ3v) is 3.45. The SMILES string of the molecule is CCC(=O)C(C[N+](C)(C)C)OP(=O)(O)OC[C@@H](CO)OO. The number of hydrogen-bond donors (Lipinski definition) is 3. The molecule has 0 aromatic heterocycles.